The van der Waals surface area contributed by atoms with Gasteiger partial charge in [0, 0.05) is 23.5 Å². The highest BCUT2D eigenvalue weighted by atomic mass is 16.2. The van der Waals surface area contributed by atoms with E-state index >= 15 is 0 Å². The number of nitrogens with zero attached hydrogens (tertiary/aromatic N) is 2. The molecule has 2 aromatic heterocycles. The number of allylic oxidation sites excluding steroid dienone is 2. The van der Waals surface area contributed by atoms with Crippen molar-refractivity contribution >= 4 is 45.0 Å². The Balaban J connectivity index is 1.11. The summed E-state index contributed by atoms with van der Waals surface area (Å²) >= 11 is 0. The summed E-state index contributed by atoms with van der Waals surface area (Å²) in [5.41, 5.74) is 4.71. The van der Waals surface area contributed by atoms with E-state index in [4.69, 9.17) is 0 Å². The second kappa shape index (κ2) is 9.79. The fourth-order valence-electron chi connectivity index (χ4n) is 5.11. The third kappa shape index (κ3) is 4.33. The van der Waals surface area contributed by atoms with E-state index in [-0.39, 0.29) is 22.8 Å². The predicted octanol–water partition coefficient (Wildman–Crippen LogP) is 4.39. The SMILES string of the molecule is O=C1C=C(Nc2ccc3c(c2)[nH]c(=O)n3-c2ccccc2)C(=O)C=C1Nc1ccc2c(c1)[nH]c(=O)n2-c1ccccc1. The molecule has 42 heavy (non-hydrogen) atoms. The van der Waals surface area contributed by atoms with E-state index in [1.165, 1.54) is 12.2 Å². The molecule has 4 aromatic carbocycles. The number of aromatic nitrogens is 4. The molecular weight excluding hydrogens is 532 g/mol. The van der Waals surface area contributed by atoms with Gasteiger partial charge in [0.05, 0.1) is 44.8 Å². The van der Waals surface area contributed by atoms with Crippen LogP contribution in [0.1, 0.15) is 0 Å². The minimum Gasteiger partial charge on any atom is -0.352 e. The first-order chi connectivity index (χ1) is 20.4. The Morgan fingerprint density at radius 1 is 0.500 bits per heavy atom. The smallest absolute Gasteiger partial charge is 0.331 e. The molecule has 0 saturated carbocycles. The van der Waals surface area contributed by atoms with Crippen molar-refractivity contribution in [3.05, 3.63) is 142 Å². The first-order valence-corrected chi connectivity index (χ1v) is 13.1. The second-order valence-corrected chi connectivity index (χ2v) is 9.76. The lowest BCUT2D eigenvalue weighted by molar-refractivity contribution is -0.115. The maximum absolute atomic E-state index is 13.0. The van der Waals surface area contributed by atoms with Crippen LogP contribution in [0.25, 0.3) is 33.4 Å². The van der Waals surface area contributed by atoms with Crippen molar-refractivity contribution in [1.82, 2.24) is 19.1 Å². The van der Waals surface area contributed by atoms with Crippen LogP contribution in [0, 0.1) is 0 Å². The highest BCUT2D eigenvalue weighted by molar-refractivity contribution is 6.22. The van der Waals surface area contributed by atoms with Crippen LogP contribution in [-0.2, 0) is 9.59 Å². The first kappa shape index (κ1) is 24.9. The maximum Gasteiger partial charge on any atom is 0.331 e. The molecule has 0 saturated heterocycles. The molecule has 1 aliphatic rings. The number of anilines is 2. The summed E-state index contributed by atoms with van der Waals surface area (Å²) in [4.78, 5) is 56.8. The summed E-state index contributed by atoms with van der Waals surface area (Å²) in [5, 5.41) is 6.00. The van der Waals surface area contributed by atoms with Gasteiger partial charge in [0.15, 0.2) is 0 Å². The summed E-state index contributed by atoms with van der Waals surface area (Å²) < 4.78 is 3.13. The number of rotatable bonds is 6. The Morgan fingerprint density at radius 2 is 0.905 bits per heavy atom. The fourth-order valence-corrected chi connectivity index (χ4v) is 5.11. The molecule has 204 valence electrons. The number of hydrogen-bond acceptors (Lipinski definition) is 6. The number of imidazole rings is 2. The van der Waals surface area contributed by atoms with E-state index in [0.29, 0.717) is 33.4 Å². The van der Waals surface area contributed by atoms with Gasteiger partial charge in [-0.05, 0) is 60.7 Å². The van der Waals surface area contributed by atoms with Gasteiger partial charge in [0.1, 0.15) is 0 Å². The molecule has 0 bridgehead atoms. The number of carbonyl (C=O) groups is 2. The molecule has 0 unspecified atom stereocenters. The van der Waals surface area contributed by atoms with Crippen molar-refractivity contribution in [3.63, 3.8) is 0 Å². The molecule has 4 N–H and O–H groups in total. The molecular formula is C32H22N6O4. The number of benzene rings is 4. The predicted molar refractivity (Wildman–Crippen MR) is 161 cm³/mol. The molecule has 0 spiro atoms. The standard InChI is InChI=1S/C32H22N6O4/c39-29-18-26(34-20-12-14-28-24(16-20)36-32(42)38(28)22-9-5-2-6-10-22)30(40)17-25(29)33-19-11-13-27-23(15-19)35-31(41)37(27)21-7-3-1-4-8-21/h1-18,33-34H,(H,35,41)(H,36,42). The van der Waals surface area contributed by atoms with Gasteiger partial charge in [0.25, 0.3) is 0 Å². The van der Waals surface area contributed by atoms with Crippen LogP contribution in [0.3, 0.4) is 0 Å². The van der Waals surface area contributed by atoms with Crippen molar-refractivity contribution in [2.45, 2.75) is 0 Å². The van der Waals surface area contributed by atoms with E-state index in [1.807, 2.05) is 60.7 Å². The van der Waals surface area contributed by atoms with Crippen molar-refractivity contribution in [1.29, 1.82) is 0 Å². The molecule has 10 nitrogen and oxygen atoms in total. The number of nitrogens with one attached hydrogen (secondary N) is 4. The zero-order valence-electron chi connectivity index (χ0n) is 21.9. The van der Waals surface area contributed by atoms with Gasteiger partial charge in [-0.2, -0.15) is 0 Å². The lowest BCUT2D eigenvalue weighted by atomic mass is 10.1. The van der Waals surface area contributed by atoms with Crippen LogP contribution in [0.2, 0.25) is 0 Å². The van der Waals surface area contributed by atoms with Gasteiger partial charge in [-0.1, -0.05) is 36.4 Å². The lowest BCUT2D eigenvalue weighted by Crippen LogP contribution is -2.21. The molecule has 0 aliphatic heterocycles. The van der Waals surface area contributed by atoms with E-state index in [0.717, 1.165) is 11.4 Å². The normalized spacial score (nSPS) is 13.3. The van der Waals surface area contributed by atoms with Crippen LogP contribution in [0.15, 0.2) is 130 Å². The summed E-state index contributed by atoms with van der Waals surface area (Å²) in [7, 11) is 0. The van der Waals surface area contributed by atoms with Gasteiger partial charge < -0.3 is 20.6 Å². The molecule has 6 aromatic rings. The van der Waals surface area contributed by atoms with Gasteiger partial charge >= 0.3 is 11.4 Å². The van der Waals surface area contributed by atoms with E-state index in [2.05, 4.69) is 20.6 Å². The van der Waals surface area contributed by atoms with E-state index in [1.54, 1.807) is 45.5 Å². The van der Waals surface area contributed by atoms with Crippen LogP contribution in [0.5, 0.6) is 0 Å². The Hall–Kier alpha value is -6.16. The first-order valence-electron chi connectivity index (χ1n) is 13.1. The molecule has 0 atom stereocenters. The second-order valence-electron chi connectivity index (χ2n) is 9.76. The van der Waals surface area contributed by atoms with Crippen LogP contribution in [-0.4, -0.2) is 30.7 Å². The van der Waals surface area contributed by atoms with Crippen LogP contribution in [0.4, 0.5) is 11.4 Å². The van der Waals surface area contributed by atoms with E-state index < -0.39 is 11.6 Å². The number of para-hydroxylation sites is 2. The highest BCUT2D eigenvalue weighted by Gasteiger charge is 2.21. The number of H-pyrrole nitrogens is 2. The Kier molecular flexibility index (Phi) is 5.79. The van der Waals surface area contributed by atoms with Gasteiger partial charge in [0.2, 0.25) is 11.6 Å². The van der Waals surface area contributed by atoms with E-state index in [9.17, 15) is 19.2 Å². The van der Waals surface area contributed by atoms with Gasteiger partial charge in [-0.15, -0.1) is 0 Å². The third-order valence-electron chi connectivity index (χ3n) is 7.03. The summed E-state index contributed by atoms with van der Waals surface area (Å²) in [6.45, 7) is 0. The van der Waals surface area contributed by atoms with Gasteiger partial charge in [-0.3, -0.25) is 18.7 Å². The van der Waals surface area contributed by atoms with Crippen LogP contribution < -0.4 is 22.0 Å². The number of ketones is 2. The average Bonchev–Trinajstić information content (AvgIpc) is 3.50. The van der Waals surface area contributed by atoms with Crippen LogP contribution >= 0.6 is 0 Å². The van der Waals surface area contributed by atoms with Crippen molar-refractivity contribution in [2.24, 2.45) is 0 Å². The third-order valence-corrected chi connectivity index (χ3v) is 7.03. The maximum atomic E-state index is 13.0. The Labute approximate surface area is 237 Å². The fraction of sp³-hybridized carbons (Fsp3) is 0. The quantitative estimate of drug-likeness (QED) is 0.226. The minimum absolute atomic E-state index is 0.106. The minimum atomic E-state index is -0.391. The topological polar surface area (TPSA) is 134 Å². The van der Waals surface area contributed by atoms with Crippen molar-refractivity contribution in [3.8, 4) is 11.4 Å². The average molecular weight is 555 g/mol. The number of fused-ring (bicyclic) bond motifs is 2. The van der Waals surface area contributed by atoms with Crippen molar-refractivity contribution in [2.75, 3.05) is 10.6 Å². The van der Waals surface area contributed by atoms with Crippen molar-refractivity contribution < 1.29 is 9.59 Å². The Morgan fingerprint density at radius 3 is 1.31 bits per heavy atom. The number of aromatic amines is 2. The largest absolute Gasteiger partial charge is 0.352 e. The molecule has 0 amide bonds. The molecule has 0 radical (unpaired) electrons. The summed E-state index contributed by atoms with van der Waals surface area (Å²) in [6.07, 6.45) is 2.47. The molecule has 2 heterocycles. The molecule has 1 aliphatic carbocycles. The zero-order valence-corrected chi connectivity index (χ0v) is 21.9. The number of carbonyl (C=O) groups excluding carboxylic acids is 2. The zero-order chi connectivity index (χ0) is 28.8. The lowest BCUT2D eigenvalue weighted by Gasteiger charge is -2.16. The Bertz CT molecular complexity index is 2060. The molecule has 0 fully saturated rings. The summed E-state index contributed by atoms with van der Waals surface area (Å²) in [6, 6.07) is 29.0. The van der Waals surface area contributed by atoms with Gasteiger partial charge in [-0.25, -0.2) is 9.59 Å². The molecule has 10 heteroatoms. The monoisotopic (exact) mass is 554 g/mol. The molecule has 7 rings (SSSR count). The summed E-state index contributed by atoms with van der Waals surface area (Å²) in [5.74, 6) is -0.783. The number of hydrogen-bond donors (Lipinski definition) is 4. The highest BCUT2D eigenvalue weighted by Crippen LogP contribution is 2.24.